The number of piperidine rings is 1. The van der Waals surface area contributed by atoms with Crippen molar-refractivity contribution in [3.8, 4) is 0 Å². The summed E-state index contributed by atoms with van der Waals surface area (Å²) in [5.41, 5.74) is 0. The molecule has 76 valence electrons. The van der Waals surface area contributed by atoms with Gasteiger partial charge in [-0.25, -0.2) is 0 Å². The third kappa shape index (κ3) is 1.37. The zero-order chi connectivity index (χ0) is 9.59. The van der Waals surface area contributed by atoms with Crippen molar-refractivity contribution in [3.63, 3.8) is 0 Å². The Bertz CT molecular complexity index is 201. The molecule has 2 rings (SSSR count). The number of hydrogen-bond acceptors (Lipinski definition) is 5. The quantitative estimate of drug-likeness (QED) is 0.339. The van der Waals surface area contributed by atoms with Gasteiger partial charge in [-0.2, -0.15) is 0 Å². The van der Waals surface area contributed by atoms with Crippen LogP contribution in [0.15, 0.2) is 0 Å². The molecule has 0 aliphatic carbocycles. The molecule has 0 unspecified atom stereocenters. The van der Waals surface area contributed by atoms with Crippen molar-refractivity contribution < 1.29 is 20.4 Å². The Kier molecular flexibility index (Phi) is 2.29. The zero-order valence-corrected chi connectivity index (χ0v) is 7.24. The van der Waals surface area contributed by atoms with E-state index >= 15 is 0 Å². The molecule has 2 fully saturated rings. The van der Waals surface area contributed by atoms with E-state index in [1.807, 2.05) is 4.90 Å². The number of rotatable bonds is 0. The average Bonchev–Trinajstić information content (AvgIpc) is 2.43. The molecule has 0 radical (unpaired) electrons. The second-order valence-corrected chi connectivity index (χ2v) is 3.89. The topological polar surface area (TPSA) is 84.2 Å². The molecule has 2 saturated heterocycles. The van der Waals surface area contributed by atoms with Gasteiger partial charge >= 0.3 is 0 Å². The molecule has 4 N–H and O–H groups in total. The largest absolute Gasteiger partial charge is 0.391 e. The average molecular weight is 189 g/mol. The van der Waals surface area contributed by atoms with Crippen molar-refractivity contribution in [1.29, 1.82) is 0 Å². The maximum absolute atomic E-state index is 9.58. The highest BCUT2D eigenvalue weighted by Gasteiger charge is 2.47. The molecule has 13 heavy (non-hydrogen) atoms. The van der Waals surface area contributed by atoms with Crippen molar-refractivity contribution >= 4 is 0 Å². The fourth-order valence-electron chi connectivity index (χ4n) is 2.30. The van der Waals surface area contributed by atoms with Crippen LogP contribution in [0.3, 0.4) is 0 Å². The van der Waals surface area contributed by atoms with Gasteiger partial charge < -0.3 is 20.4 Å². The molecule has 0 aromatic carbocycles. The van der Waals surface area contributed by atoms with Gasteiger partial charge in [-0.05, 0) is 6.42 Å². The van der Waals surface area contributed by atoms with Crippen molar-refractivity contribution in [1.82, 2.24) is 4.90 Å². The molecular formula is C8H15NO4. The summed E-state index contributed by atoms with van der Waals surface area (Å²) in [6.45, 7) is 1.01. The monoisotopic (exact) mass is 189 g/mol. The molecule has 5 heteroatoms. The van der Waals surface area contributed by atoms with E-state index in [4.69, 9.17) is 0 Å². The fourth-order valence-corrected chi connectivity index (χ4v) is 2.30. The highest BCUT2D eigenvalue weighted by Crippen LogP contribution is 2.27. The predicted octanol–water partition coefficient (Wildman–Crippen LogP) is -2.48. The van der Waals surface area contributed by atoms with Crippen LogP contribution in [0.4, 0.5) is 0 Å². The molecule has 0 aromatic rings. The summed E-state index contributed by atoms with van der Waals surface area (Å²) in [5.74, 6) is 0. The Morgan fingerprint density at radius 3 is 2.31 bits per heavy atom. The van der Waals surface area contributed by atoms with Crippen LogP contribution >= 0.6 is 0 Å². The first kappa shape index (κ1) is 9.36. The van der Waals surface area contributed by atoms with Crippen LogP contribution in [-0.4, -0.2) is 68.9 Å². The van der Waals surface area contributed by atoms with E-state index in [-0.39, 0.29) is 0 Å². The van der Waals surface area contributed by atoms with E-state index < -0.39 is 30.5 Å². The van der Waals surface area contributed by atoms with Crippen molar-refractivity contribution in [2.75, 3.05) is 13.1 Å². The number of hydrogen-bond donors (Lipinski definition) is 4. The van der Waals surface area contributed by atoms with E-state index in [1.165, 1.54) is 0 Å². The van der Waals surface area contributed by atoms with Gasteiger partial charge in [0.1, 0.15) is 12.2 Å². The Labute approximate surface area is 76.2 Å². The first-order valence-corrected chi connectivity index (χ1v) is 4.57. The smallest absolute Gasteiger partial charge is 0.109 e. The molecule has 2 aliphatic heterocycles. The lowest BCUT2D eigenvalue weighted by Crippen LogP contribution is -2.61. The first-order chi connectivity index (χ1) is 6.11. The summed E-state index contributed by atoms with van der Waals surface area (Å²) in [7, 11) is 0. The van der Waals surface area contributed by atoms with Gasteiger partial charge in [-0.15, -0.1) is 0 Å². The maximum atomic E-state index is 9.58. The van der Waals surface area contributed by atoms with Gasteiger partial charge in [0.05, 0.1) is 18.2 Å². The molecule has 5 atom stereocenters. The van der Waals surface area contributed by atoms with Crippen LogP contribution < -0.4 is 0 Å². The first-order valence-electron chi connectivity index (χ1n) is 4.57. The minimum atomic E-state index is -1.13. The van der Waals surface area contributed by atoms with Crippen molar-refractivity contribution in [2.45, 2.75) is 36.9 Å². The lowest BCUT2D eigenvalue weighted by molar-refractivity contribution is -0.140. The van der Waals surface area contributed by atoms with E-state index in [1.54, 1.807) is 0 Å². The van der Waals surface area contributed by atoms with Gasteiger partial charge in [-0.1, -0.05) is 0 Å². The van der Waals surface area contributed by atoms with E-state index in [0.29, 0.717) is 19.5 Å². The van der Waals surface area contributed by atoms with Crippen LogP contribution in [0.25, 0.3) is 0 Å². The van der Waals surface area contributed by atoms with E-state index in [9.17, 15) is 20.4 Å². The number of nitrogens with zero attached hydrogens (tertiary/aromatic N) is 1. The Hall–Kier alpha value is -0.200. The Morgan fingerprint density at radius 2 is 1.62 bits per heavy atom. The highest BCUT2D eigenvalue weighted by molar-refractivity contribution is 5.01. The van der Waals surface area contributed by atoms with Crippen LogP contribution in [0, 0.1) is 0 Å². The molecule has 0 amide bonds. The molecule has 2 heterocycles. The zero-order valence-electron chi connectivity index (χ0n) is 7.24. The second-order valence-electron chi connectivity index (χ2n) is 3.89. The summed E-state index contributed by atoms with van der Waals surface area (Å²) >= 11 is 0. The Balaban J connectivity index is 2.15. The van der Waals surface area contributed by atoms with Crippen LogP contribution in [0.2, 0.25) is 0 Å². The van der Waals surface area contributed by atoms with E-state index in [0.717, 1.165) is 0 Å². The summed E-state index contributed by atoms with van der Waals surface area (Å²) in [6.07, 6.45) is -3.06. The van der Waals surface area contributed by atoms with Crippen LogP contribution in [0.5, 0.6) is 0 Å². The molecule has 0 bridgehead atoms. The van der Waals surface area contributed by atoms with Crippen molar-refractivity contribution in [2.24, 2.45) is 0 Å². The number of aliphatic hydroxyl groups is 4. The lowest BCUT2D eigenvalue weighted by Gasteiger charge is -2.40. The fraction of sp³-hybridized carbons (Fsp3) is 1.00. The predicted molar refractivity (Wildman–Crippen MR) is 44.0 cm³/mol. The second kappa shape index (κ2) is 3.18. The summed E-state index contributed by atoms with van der Waals surface area (Å²) in [5, 5.41) is 37.8. The van der Waals surface area contributed by atoms with Crippen molar-refractivity contribution in [3.05, 3.63) is 0 Å². The number of fused-ring (bicyclic) bond motifs is 1. The standard InChI is InChI=1S/C8H15NO4/c10-4-1-2-9-3-5(11)7(12)8(13)6(4)9/h4-8,10-13H,1-3H2/t4-,5-,6+,7+,8-/m1/s1. The molecule has 0 spiro atoms. The third-order valence-electron chi connectivity index (χ3n) is 3.04. The van der Waals surface area contributed by atoms with Crippen LogP contribution in [-0.2, 0) is 0 Å². The molecule has 0 aromatic heterocycles. The molecule has 5 nitrogen and oxygen atoms in total. The van der Waals surface area contributed by atoms with Gasteiger partial charge in [0.2, 0.25) is 0 Å². The SMILES string of the molecule is O[C@@H]1[C@H](O)[C@@H]2[C@H](O)CCN2C[C@H]1O. The van der Waals surface area contributed by atoms with Gasteiger partial charge in [0.25, 0.3) is 0 Å². The molecule has 0 saturated carbocycles. The molecule has 2 aliphatic rings. The van der Waals surface area contributed by atoms with E-state index in [2.05, 4.69) is 0 Å². The van der Waals surface area contributed by atoms with Crippen LogP contribution in [0.1, 0.15) is 6.42 Å². The summed E-state index contributed by atoms with van der Waals surface area (Å²) in [4.78, 5) is 1.83. The minimum Gasteiger partial charge on any atom is -0.391 e. The number of aliphatic hydroxyl groups excluding tert-OH is 4. The van der Waals surface area contributed by atoms with Gasteiger partial charge in [-0.3, -0.25) is 4.90 Å². The summed E-state index contributed by atoms with van der Waals surface area (Å²) < 4.78 is 0. The normalized spacial score (nSPS) is 52.2. The molecular weight excluding hydrogens is 174 g/mol. The minimum absolute atomic E-state index is 0.333. The van der Waals surface area contributed by atoms with Gasteiger partial charge in [0, 0.05) is 13.1 Å². The summed E-state index contributed by atoms with van der Waals surface area (Å²) in [6, 6.07) is -0.404. The Morgan fingerprint density at radius 1 is 0.923 bits per heavy atom. The lowest BCUT2D eigenvalue weighted by atomic mass is 9.93. The maximum Gasteiger partial charge on any atom is 0.109 e. The van der Waals surface area contributed by atoms with Gasteiger partial charge in [0.15, 0.2) is 0 Å². The third-order valence-corrected chi connectivity index (χ3v) is 3.04. The highest BCUT2D eigenvalue weighted by atomic mass is 16.4.